The Kier molecular flexibility index (Phi) is 6.12. The van der Waals surface area contributed by atoms with Crippen LogP contribution >= 0.6 is 0 Å². The maximum Gasteiger partial charge on any atom is 0.251 e. The molecule has 1 aliphatic heterocycles. The van der Waals surface area contributed by atoms with Crippen LogP contribution in [0, 0.1) is 0 Å². The highest BCUT2D eigenvalue weighted by atomic mass is 16.1. The van der Waals surface area contributed by atoms with Gasteiger partial charge in [0.1, 0.15) is 0 Å². The van der Waals surface area contributed by atoms with Crippen LogP contribution in [-0.4, -0.2) is 11.6 Å². The van der Waals surface area contributed by atoms with Gasteiger partial charge in [-0.15, -0.1) is 0 Å². The molecule has 3 heteroatoms. The zero-order valence-electron chi connectivity index (χ0n) is 18.5. The first-order valence-corrected chi connectivity index (χ1v) is 11.4. The number of amides is 1. The van der Waals surface area contributed by atoms with Gasteiger partial charge in [0.25, 0.3) is 5.91 Å². The van der Waals surface area contributed by atoms with E-state index in [0.29, 0.717) is 0 Å². The van der Waals surface area contributed by atoms with Gasteiger partial charge in [0.15, 0.2) is 0 Å². The number of nitrogens with one attached hydrogen (secondary N) is 1. The van der Waals surface area contributed by atoms with Crippen molar-refractivity contribution < 1.29 is 4.79 Å². The van der Waals surface area contributed by atoms with Crippen molar-refractivity contribution in [3.63, 3.8) is 0 Å². The molecule has 2 aliphatic rings. The predicted molar refractivity (Wildman–Crippen MR) is 137 cm³/mol. The second-order valence-electron chi connectivity index (χ2n) is 8.45. The van der Waals surface area contributed by atoms with Crippen molar-refractivity contribution in [1.82, 2.24) is 0 Å². The van der Waals surface area contributed by atoms with Crippen molar-refractivity contribution in [2.75, 3.05) is 5.32 Å². The third kappa shape index (κ3) is 5.09. The Hall–Kier alpha value is -3.98. The second-order valence-corrected chi connectivity index (χ2v) is 8.45. The maximum atomic E-state index is 13.0. The minimum absolute atomic E-state index is 0.0260. The van der Waals surface area contributed by atoms with E-state index in [-0.39, 0.29) is 5.91 Å². The zero-order valence-corrected chi connectivity index (χ0v) is 18.5. The normalized spacial score (nSPS) is 14.7. The number of aliphatic imine (C=N–C) groups is 1. The number of rotatable bonds is 5. The number of hydrogen-bond donors (Lipinski definition) is 1. The van der Waals surface area contributed by atoms with E-state index < -0.39 is 0 Å². The molecule has 1 N–H and O–H groups in total. The largest absolute Gasteiger partial charge is 0.322 e. The van der Waals surface area contributed by atoms with Crippen molar-refractivity contribution in [1.29, 1.82) is 0 Å². The first-order chi connectivity index (χ1) is 16.2. The Labute approximate surface area is 194 Å². The lowest BCUT2D eigenvalue weighted by molar-refractivity contribution is -0.112. The molecular weight excluding hydrogens is 404 g/mol. The topological polar surface area (TPSA) is 41.5 Å². The molecule has 0 radical (unpaired) electrons. The number of carbonyl (C=O) groups is 1. The summed E-state index contributed by atoms with van der Waals surface area (Å²) in [5.74, 6) is -0.0260. The third-order valence-corrected chi connectivity index (χ3v) is 6.10. The van der Waals surface area contributed by atoms with E-state index in [1.165, 1.54) is 22.3 Å². The minimum atomic E-state index is -0.0260. The minimum Gasteiger partial charge on any atom is -0.322 e. The molecule has 3 nitrogen and oxygen atoms in total. The number of hydrogen-bond acceptors (Lipinski definition) is 2. The molecule has 0 unspecified atom stereocenters. The fourth-order valence-electron chi connectivity index (χ4n) is 4.28. The smallest absolute Gasteiger partial charge is 0.251 e. The molecule has 162 valence electrons. The summed E-state index contributed by atoms with van der Waals surface area (Å²) >= 11 is 0. The quantitative estimate of drug-likeness (QED) is 0.476. The molecular formula is C30H26N2O. The van der Waals surface area contributed by atoms with E-state index in [1.807, 2.05) is 54.8 Å². The molecule has 3 aromatic rings. The van der Waals surface area contributed by atoms with E-state index in [4.69, 9.17) is 0 Å². The second kappa shape index (κ2) is 9.66. The zero-order chi connectivity index (χ0) is 22.5. The van der Waals surface area contributed by atoms with Gasteiger partial charge >= 0.3 is 0 Å². The number of anilines is 1. The van der Waals surface area contributed by atoms with Gasteiger partial charge in [0, 0.05) is 36.0 Å². The lowest BCUT2D eigenvalue weighted by Gasteiger charge is -2.17. The van der Waals surface area contributed by atoms with Gasteiger partial charge in [-0.25, -0.2) is 0 Å². The molecule has 1 amide bonds. The maximum absolute atomic E-state index is 13.0. The molecule has 0 saturated heterocycles. The van der Waals surface area contributed by atoms with Crippen molar-refractivity contribution in [3.8, 4) is 11.1 Å². The average molecular weight is 431 g/mol. The van der Waals surface area contributed by atoms with Crippen molar-refractivity contribution >= 4 is 23.4 Å². The summed E-state index contributed by atoms with van der Waals surface area (Å²) < 4.78 is 0. The summed E-state index contributed by atoms with van der Waals surface area (Å²) in [5.41, 5.74) is 8.75. The number of nitrogens with zero attached hydrogens (tertiary/aromatic N) is 1. The third-order valence-electron chi connectivity index (χ3n) is 6.10. The molecule has 0 fully saturated rings. The van der Waals surface area contributed by atoms with Crippen molar-refractivity contribution in [2.45, 2.75) is 25.7 Å². The molecule has 0 bridgehead atoms. The SMILES string of the molecule is O=C(Nc1ccc(CC2=NC=CC=CC2)cc1)C1=Cc2cc(-c3ccccc3)ccc2CC1. The van der Waals surface area contributed by atoms with Crippen LogP contribution < -0.4 is 5.32 Å². The summed E-state index contributed by atoms with van der Waals surface area (Å²) in [6.45, 7) is 0. The van der Waals surface area contributed by atoms with Gasteiger partial charge in [-0.05, 0) is 71.0 Å². The van der Waals surface area contributed by atoms with Crippen LogP contribution in [0.15, 0.2) is 108 Å². The number of fused-ring (bicyclic) bond motifs is 1. The number of carbonyl (C=O) groups excluding carboxylic acids is 1. The van der Waals surface area contributed by atoms with Gasteiger partial charge < -0.3 is 5.32 Å². The molecule has 0 spiro atoms. The lowest BCUT2D eigenvalue weighted by Crippen LogP contribution is -2.17. The van der Waals surface area contributed by atoms with Crippen LogP contribution in [0.1, 0.15) is 29.5 Å². The Morgan fingerprint density at radius 3 is 2.58 bits per heavy atom. The van der Waals surface area contributed by atoms with Crippen LogP contribution in [0.3, 0.4) is 0 Å². The first-order valence-electron chi connectivity index (χ1n) is 11.4. The van der Waals surface area contributed by atoms with Crippen LogP contribution in [0.2, 0.25) is 0 Å². The summed E-state index contributed by atoms with van der Waals surface area (Å²) in [4.78, 5) is 17.4. The highest BCUT2D eigenvalue weighted by Gasteiger charge is 2.17. The van der Waals surface area contributed by atoms with Gasteiger partial charge in [0.05, 0.1) is 0 Å². The molecule has 0 aromatic heterocycles. The summed E-state index contributed by atoms with van der Waals surface area (Å²) in [6, 6.07) is 25.0. The van der Waals surface area contributed by atoms with E-state index in [0.717, 1.165) is 48.2 Å². The Bertz CT molecular complexity index is 1280. The van der Waals surface area contributed by atoms with E-state index >= 15 is 0 Å². The predicted octanol–water partition coefficient (Wildman–Crippen LogP) is 6.78. The van der Waals surface area contributed by atoms with Crippen LogP contribution in [0.4, 0.5) is 5.69 Å². The van der Waals surface area contributed by atoms with E-state index in [2.05, 4.69) is 58.8 Å². The highest BCUT2D eigenvalue weighted by molar-refractivity contribution is 6.07. The van der Waals surface area contributed by atoms with Gasteiger partial charge in [-0.3, -0.25) is 9.79 Å². The van der Waals surface area contributed by atoms with E-state index in [9.17, 15) is 4.79 Å². The van der Waals surface area contributed by atoms with Crippen molar-refractivity contribution in [2.24, 2.45) is 4.99 Å². The van der Waals surface area contributed by atoms with Gasteiger partial charge in [-0.2, -0.15) is 0 Å². The molecule has 0 saturated carbocycles. The highest BCUT2D eigenvalue weighted by Crippen LogP contribution is 2.29. The molecule has 1 heterocycles. The van der Waals surface area contributed by atoms with E-state index in [1.54, 1.807) is 0 Å². The average Bonchev–Trinajstić information content (AvgIpc) is 3.14. The van der Waals surface area contributed by atoms with Gasteiger partial charge in [-0.1, -0.05) is 66.7 Å². The fourth-order valence-corrected chi connectivity index (χ4v) is 4.28. The standard InChI is InChI=1S/C30H26N2O/c33-30(32-28-16-10-22(11-17-28)19-29-9-5-2-6-18-31-29)26-15-13-24-12-14-25(20-27(24)21-26)23-7-3-1-4-8-23/h1-8,10-12,14,16-18,20-21H,9,13,15,19H2,(H,32,33). The van der Waals surface area contributed by atoms with Gasteiger partial charge in [0.2, 0.25) is 0 Å². The summed E-state index contributed by atoms with van der Waals surface area (Å²) in [5, 5.41) is 3.07. The molecule has 1 aliphatic carbocycles. The van der Waals surface area contributed by atoms with Crippen LogP contribution in [-0.2, 0) is 17.6 Å². The molecule has 0 atom stereocenters. The van der Waals surface area contributed by atoms with Crippen molar-refractivity contribution in [3.05, 3.63) is 119 Å². The molecule has 3 aromatic carbocycles. The molecule has 33 heavy (non-hydrogen) atoms. The number of benzene rings is 3. The Morgan fingerprint density at radius 2 is 1.73 bits per heavy atom. The number of allylic oxidation sites excluding steroid dienone is 3. The summed E-state index contributed by atoms with van der Waals surface area (Å²) in [6.07, 6.45) is 13.3. The summed E-state index contributed by atoms with van der Waals surface area (Å²) in [7, 11) is 0. The fraction of sp³-hybridized carbons (Fsp3) is 0.133. The first kappa shape index (κ1) is 20.9. The number of aryl methyl sites for hydroxylation is 1. The molecule has 5 rings (SSSR count). The Morgan fingerprint density at radius 1 is 0.879 bits per heavy atom. The Balaban J connectivity index is 1.27. The van der Waals surface area contributed by atoms with Crippen LogP contribution in [0.25, 0.3) is 17.2 Å². The lowest BCUT2D eigenvalue weighted by atomic mass is 9.89. The van der Waals surface area contributed by atoms with Crippen LogP contribution in [0.5, 0.6) is 0 Å². The monoisotopic (exact) mass is 430 g/mol.